The number of para-hydroxylation sites is 1. The number of anilines is 1. The summed E-state index contributed by atoms with van der Waals surface area (Å²) in [6.07, 6.45) is 0. The maximum atomic E-state index is 14.5. The molecule has 9 heteroatoms. The molecule has 164 valence electrons. The minimum Gasteiger partial charge on any atom is -0.301 e. The van der Waals surface area contributed by atoms with Crippen molar-refractivity contribution in [2.45, 2.75) is 31.3 Å². The fourth-order valence-corrected chi connectivity index (χ4v) is 4.66. The maximum absolute atomic E-state index is 14.5. The summed E-state index contributed by atoms with van der Waals surface area (Å²) in [5.74, 6) is -0.0799. The van der Waals surface area contributed by atoms with E-state index < -0.39 is 0 Å². The van der Waals surface area contributed by atoms with Crippen molar-refractivity contribution in [3.63, 3.8) is 0 Å². The van der Waals surface area contributed by atoms with E-state index in [1.165, 1.54) is 29.2 Å². The Morgan fingerprint density at radius 1 is 1.09 bits per heavy atom. The molecule has 0 spiro atoms. The van der Waals surface area contributed by atoms with Crippen LogP contribution in [0.15, 0.2) is 65.1 Å². The quantitative estimate of drug-likeness (QED) is 0.376. The molecule has 32 heavy (non-hydrogen) atoms. The van der Waals surface area contributed by atoms with Crippen LogP contribution >= 0.6 is 23.1 Å². The summed E-state index contributed by atoms with van der Waals surface area (Å²) >= 11 is 2.64. The number of rotatable bonds is 6. The minimum atomic E-state index is -0.384. The molecule has 4 aromatic rings. The number of aromatic nitrogens is 4. The highest BCUT2D eigenvalue weighted by molar-refractivity contribution is 7.99. The molecule has 0 bridgehead atoms. The highest BCUT2D eigenvalue weighted by Gasteiger charge is 2.21. The number of thiazole rings is 1. The fraction of sp³-hybridized carbons (Fsp3) is 0.217. The number of nitrogens with one attached hydrogen (secondary N) is 1. The van der Waals surface area contributed by atoms with Crippen molar-refractivity contribution in [3.8, 4) is 17.1 Å². The average Bonchev–Trinajstić information content (AvgIpc) is 3.40. The summed E-state index contributed by atoms with van der Waals surface area (Å²) in [4.78, 5) is 17.0. The van der Waals surface area contributed by atoms with E-state index in [-0.39, 0.29) is 22.9 Å². The number of hydrogen-bond donors (Lipinski definition) is 1. The van der Waals surface area contributed by atoms with Crippen LogP contribution in [0.3, 0.4) is 0 Å². The molecular formula is C23H22FN5OS2. The number of carbonyl (C=O) groups excluding carboxylic acids is 1. The number of halogens is 1. The first kappa shape index (κ1) is 22.2. The van der Waals surface area contributed by atoms with E-state index in [1.807, 2.05) is 35.7 Å². The molecule has 0 aliphatic rings. The van der Waals surface area contributed by atoms with Gasteiger partial charge in [0.15, 0.2) is 16.1 Å². The Morgan fingerprint density at radius 2 is 1.81 bits per heavy atom. The van der Waals surface area contributed by atoms with Crippen LogP contribution in [-0.4, -0.2) is 31.4 Å². The second kappa shape index (κ2) is 9.22. The van der Waals surface area contributed by atoms with E-state index in [9.17, 15) is 9.18 Å². The van der Waals surface area contributed by atoms with Gasteiger partial charge < -0.3 is 5.32 Å². The van der Waals surface area contributed by atoms with Gasteiger partial charge in [-0.2, -0.15) is 0 Å². The number of benzene rings is 2. The summed E-state index contributed by atoms with van der Waals surface area (Å²) in [5, 5.41) is 14.3. The van der Waals surface area contributed by atoms with Crippen LogP contribution in [0.4, 0.5) is 9.52 Å². The molecule has 2 aromatic carbocycles. The lowest BCUT2D eigenvalue weighted by Crippen LogP contribution is -2.16. The zero-order valence-corrected chi connectivity index (χ0v) is 19.5. The number of carbonyl (C=O) groups is 1. The largest absolute Gasteiger partial charge is 0.301 e. The third-order valence-electron chi connectivity index (χ3n) is 4.61. The van der Waals surface area contributed by atoms with Crippen molar-refractivity contribution < 1.29 is 9.18 Å². The summed E-state index contributed by atoms with van der Waals surface area (Å²) in [5.41, 5.74) is 1.98. The minimum absolute atomic E-state index is 0.0799. The molecule has 1 N–H and O–H groups in total. The Bertz CT molecular complexity index is 1230. The van der Waals surface area contributed by atoms with Crippen LogP contribution in [0.2, 0.25) is 0 Å². The molecular weight excluding hydrogens is 445 g/mol. The lowest BCUT2D eigenvalue weighted by molar-refractivity contribution is -0.113. The van der Waals surface area contributed by atoms with E-state index in [1.54, 1.807) is 22.8 Å². The maximum Gasteiger partial charge on any atom is 0.236 e. The van der Waals surface area contributed by atoms with Gasteiger partial charge in [0, 0.05) is 16.5 Å². The predicted molar refractivity (Wildman–Crippen MR) is 127 cm³/mol. The highest BCUT2D eigenvalue weighted by atomic mass is 32.2. The zero-order valence-electron chi connectivity index (χ0n) is 17.9. The topological polar surface area (TPSA) is 72.7 Å². The van der Waals surface area contributed by atoms with Gasteiger partial charge in [-0.1, -0.05) is 62.9 Å². The van der Waals surface area contributed by atoms with Crippen molar-refractivity contribution >= 4 is 34.1 Å². The van der Waals surface area contributed by atoms with Crippen molar-refractivity contribution in [1.29, 1.82) is 0 Å². The first-order valence-corrected chi connectivity index (χ1v) is 11.8. The molecule has 6 nitrogen and oxygen atoms in total. The van der Waals surface area contributed by atoms with Gasteiger partial charge in [0.05, 0.1) is 17.0 Å². The smallest absolute Gasteiger partial charge is 0.236 e. The molecule has 0 unspecified atom stereocenters. The predicted octanol–water partition coefficient (Wildman–Crippen LogP) is 5.56. The van der Waals surface area contributed by atoms with Crippen molar-refractivity contribution in [2.75, 3.05) is 11.1 Å². The summed E-state index contributed by atoms with van der Waals surface area (Å²) in [6.45, 7) is 6.23. The summed E-state index contributed by atoms with van der Waals surface area (Å²) in [7, 11) is 0. The second-order valence-corrected chi connectivity index (χ2v) is 9.88. The highest BCUT2D eigenvalue weighted by Crippen LogP contribution is 2.30. The Labute approximate surface area is 193 Å². The van der Waals surface area contributed by atoms with Crippen molar-refractivity contribution in [3.05, 3.63) is 71.5 Å². The van der Waals surface area contributed by atoms with Gasteiger partial charge in [-0.3, -0.25) is 9.36 Å². The molecule has 0 aliphatic carbocycles. The molecule has 2 aromatic heterocycles. The molecule has 0 atom stereocenters. The van der Waals surface area contributed by atoms with Gasteiger partial charge in [-0.25, -0.2) is 9.37 Å². The van der Waals surface area contributed by atoms with Crippen LogP contribution in [0.1, 0.15) is 26.5 Å². The van der Waals surface area contributed by atoms with Gasteiger partial charge in [-0.05, 0) is 24.3 Å². The first-order valence-electron chi connectivity index (χ1n) is 9.97. The average molecular weight is 468 g/mol. The van der Waals surface area contributed by atoms with Gasteiger partial charge >= 0.3 is 0 Å². The van der Waals surface area contributed by atoms with Crippen LogP contribution in [0, 0.1) is 5.82 Å². The normalized spacial score (nSPS) is 11.5. The van der Waals surface area contributed by atoms with Crippen molar-refractivity contribution in [2.24, 2.45) is 0 Å². The number of thioether (sulfide) groups is 1. The van der Waals surface area contributed by atoms with E-state index in [2.05, 4.69) is 41.3 Å². The molecule has 0 aliphatic heterocycles. The zero-order chi connectivity index (χ0) is 22.7. The first-order chi connectivity index (χ1) is 15.3. The van der Waals surface area contributed by atoms with Crippen LogP contribution in [0.25, 0.3) is 17.1 Å². The Kier molecular flexibility index (Phi) is 6.38. The molecule has 0 saturated carbocycles. The molecule has 0 saturated heterocycles. The lowest BCUT2D eigenvalue weighted by Gasteiger charge is -2.14. The van der Waals surface area contributed by atoms with Crippen LogP contribution in [0.5, 0.6) is 0 Å². The van der Waals surface area contributed by atoms with Crippen LogP contribution in [-0.2, 0) is 10.2 Å². The molecule has 1 amide bonds. The molecule has 2 heterocycles. The van der Waals surface area contributed by atoms with E-state index in [0.29, 0.717) is 21.7 Å². The second-order valence-electron chi connectivity index (χ2n) is 8.08. The SMILES string of the molecule is CC(C)(C)c1csc(NC(=O)CSc2nnc(-c3ccccc3F)n2-c2ccccc2)n1. The Hall–Kier alpha value is -3.04. The van der Waals surface area contributed by atoms with Crippen molar-refractivity contribution in [1.82, 2.24) is 19.7 Å². The Balaban J connectivity index is 1.56. The van der Waals surface area contributed by atoms with Gasteiger partial charge in [0.2, 0.25) is 5.91 Å². The van der Waals surface area contributed by atoms with Gasteiger partial charge in [-0.15, -0.1) is 21.5 Å². The monoisotopic (exact) mass is 467 g/mol. The molecule has 0 fully saturated rings. The number of hydrogen-bond acceptors (Lipinski definition) is 6. The summed E-state index contributed by atoms with van der Waals surface area (Å²) < 4.78 is 16.2. The van der Waals surface area contributed by atoms with E-state index in [4.69, 9.17) is 0 Å². The van der Waals surface area contributed by atoms with Gasteiger partial charge in [0.1, 0.15) is 5.82 Å². The number of amides is 1. The van der Waals surface area contributed by atoms with E-state index in [0.717, 1.165) is 11.4 Å². The Morgan fingerprint density at radius 3 is 2.50 bits per heavy atom. The lowest BCUT2D eigenvalue weighted by atomic mass is 9.93. The third-order valence-corrected chi connectivity index (χ3v) is 6.30. The fourth-order valence-electron chi connectivity index (χ4n) is 2.95. The van der Waals surface area contributed by atoms with Crippen LogP contribution < -0.4 is 5.32 Å². The summed E-state index contributed by atoms with van der Waals surface area (Å²) in [6, 6.07) is 15.9. The third kappa shape index (κ3) is 4.89. The van der Waals surface area contributed by atoms with Gasteiger partial charge in [0.25, 0.3) is 0 Å². The van der Waals surface area contributed by atoms with E-state index >= 15 is 0 Å². The molecule has 0 radical (unpaired) electrons. The standard InChI is InChI=1S/C23H22FN5OS2/c1-23(2,3)18-13-31-21(25-18)26-19(30)14-32-22-28-27-20(16-11-7-8-12-17(16)24)29(22)15-9-5-4-6-10-15/h4-13H,14H2,1-3H3,(H,25,26,30). The number of nitrogens with zero attached hydrogens (tertiary/aromatic N) is 4. The molecule has 4 rings (SSSR count).